The SMILES string of the molecule is CC(=O)c1ccc(NC(=O)[C@@H](C)OC(=O)c2ccccc2C)cc1. The third-order valence-corrected chi connectivity index (χ3v) is 3.58. The molecule has 0 spiro atoms. The number of rotatable bonds is 5. The maximum atomic E-state index is 12.1. The van der Waals surface area contributed by atoms with Crippen LogP contribution in [0.1, 0.15) is 40.1 Å². The molecule has 0 saturated heterocycles. The van der Waals surface area contributed by atoms with Crippen LogP contribution in [0.25, 0.3) is 0 Å². The lowest BCUT2D eigenvalue weighted by molar-refractivity contribution is -0.123. The number of nitrogens with one attached hydrogen (secondary N) is 1. The molecule has 5 heteroatoms. The lowest BCUT2D eigenvalue weighted by atomic mass is 10.1. The van der Waals surface area contributed by atoms with E-state index in [-0.39, 0.29) is 5.78 Å². The van der Waals surface area contributed by atoms with Crippen LogP contribution in [0.4, 0.5) is 5.69 Å². The number of esters is 1. The second-order valence-corrected chi connectivity index (χ2v) is 5.49. The molecule has 0 bridgehead atoms. The minimum atomic E-state index is -0.940. The van der Waals surface area contributed by atoms with Gasteiger partial charge in [-0.1, -0.05) is 18.2 Å². The van der Waals surface area contributed by atoms with Gasteiger partial charge in [0, 0.05) is 11.3 Å². The number of carbonyl (C=O) groups excluding carboxylic acids is 3. The lowest BCUT2D eigenvalue weighted by Crippen LogP contribution is -2.30. The van der Waals surface area contributed by atoms with Crippen molar-refractivity contribution in [2.45, 2.75) is 26.9 Å². The quantitative estimate of drug-likeness (QED) is 0.675. The van der Waals surface area contributed by atoms with Gasteiger partial charge in [0.15, 0.2) is 11.9 Å². The number of benzene rings is 2. The molecule has 1 amide bonds. The van der Waals surface area contributed by atoms with Crippen LogP contribution in [0.3, 0.4) is 0 Å². The highest BCUT2D eigenvalue weighted by Gasteiger charge is 2.20. The van der Waals surface area contributed by atoms with Gasteiger partial charge in [0.05, 0.1) is 5.56 Å². The van der Waals surface area contributed by atoms with Crippen LogP contribution in [0.15, 0.2) is 48.5 Å². The van der Waals surface area contributed by atoms with E-state index >= 15 is 0 Å². The Balaban J connectivity index is 1.98. The maximum Gasteiger partial charge on any atom is 0.339 e. The summed E-state index contributed by atoms with van der Waals surface area (Å²) in [4.78, 5) is 35.5. The summed E-state index contributed by atoms with van der Waals surface area (Å²) >= 11 is 0. The number of hydrogen-bond acceptors (Lipinski definition) is 4. The predicted molar refractivity (Wildman–Crippen MR) is 91.1 cm³/mol. The summed E-state index contributed by atoms with van der Waals surface area (Å²) in [6.07, 6.45) is -0.940. The molecule has 1 atom stereocenters. The molecule has 0 aliphatic carbocycles. The number of amides is 1. The van der Waals surface area contributed by atoms with E-state index in [2.05, 4.69) is 5.32 Å². The Morgan fingerprint density at radius 1 is 1.00 bits per heavy atom. The summed E-state index contributed by atoms with van der Waals surface area (Å²) in [5, 5.41) is 2.65. The van der Waals surface area contributed by atoms with E-state index in [0.29, 0.717) is 16.8 Å². The number of Topliss-reactive ketones (excluding diaryl/α,β-unsaturated/α-hetero) is 1. The zero-order valence-corrected chi connectivity index (χ0v) is 13.8. The van der Waals surface area contributed by atoms with Crippen molar-refractivity contribution in [1.82, 2.24) is 0 Å². The van der Waals surface area contributed by atoms with Crippen molar-refractivity contribution in [1.29, 1.82) is 0 Å². The number of aryl methyl sites for hydroxylation is 1. The van der Waals surface area contributed by atoms with E-state index in [9.17, 15) is 14.4 Å². The van der Waals surface area contributed by atoms with Gasteiger partial charge in [-0.3, -0.25) is 9.59 Å². The van der Waals surface area contributed by atoms with E-state index in [1.54, 1.807) is 49.4 Å². The van der Waals surface area contributed by atoms with Crippen LogP contribution >= 0.6 is 0 Å². The van der Waals surface area contributed by atoms with Crippen molar-refractivity contribution in [3.05, 3.63) is 65.2 Å². The first kappa shape index (κ1) is 17.4. The molecule has 2 aromatic carbocycles. The van der Waals surface area contributed by atoms with Crippen LogP contribution in [-0.2, 0) is 9.53 Å². The Hall–Kier alpha value is -2.95. The molecule has 2 aromatic rings. The van der Waals surface area contributed by atoms with Crippen LogP contribution in [-0.4, -0.2) is 23.8 Å². The van der Waals surface area contributed by atoms with Gasteiger partial charge < -0.3 is 10.1 Å². The van der Waals surface area contributed by atoms with E-state index in [0.717, 1.165) is 5.56 Å². The zero-order valence-electron chi connectivity index (χ0n) is 13.8. The van der Waals surface area contributed by atoms with Gasteiger partial charge in [-0.2, -0.15) is 0 Å². The minimum Gasteiger partial charge on any atom is -0.449 e. The van der Waals surface area contributed by atoms with Gasteiger partial charge >= 0.3 is 5.97 Å². The van der Waals surface area contributed by atoms with Crippen LogP contribution in [0.5, 0.6) is 0 Å². The predicted octanol–water partition coefficient (Wildman–Crippen LogP) is 3.38. The van der Waals surface area contributed by atoms with E-state index < -0.39 is 18.0 Å². The number of carbonyl (C=O) groups is 3. The highest BCUT2D eigenvalue weighted by Crippen LogP contribution is 2.13. The third-order valence-electron chi connectivity index (χ3n) is 3.58. The summed E-state index contributed by atoms with van der Waals surface area (Å²) in [5.74, 6) is -1.02. The van der Waals surface area contributed by atoms with Gasteiger partial charge in [-0.15, -0.1) is 0 Å². The standard InChI is InChI=1S/C19H19NO4/c1-12-6-4-5-7-17(12)19(23)24-14(3)18(22)20-16-10-8-15(9-11-16)13(2)21/h4-11,14H,1-3H3,(H,20,22)/t14-/m1/s1. The molecule has 0 saturated carbocycles. The molecule has 2 rings (SSSR count). The van der Waals surface area contributed by atoms with Crippen molar-refractivity contribution >= 4 is 23.3 Å². The van der Waals surface area contributed by atoms with Crippen LogP contribution < -0.4 is 5.32 Å². The molecule has 1 N–H and O–H groups in total. The Kier molecular flexibility index (Phi) is 5.47. The van der Waals surface area contributed by atoms with E-state index in [4.69, 9.17) is 4.74 Å². The Morgan fingerprint density at radius 2 is 1.62 bits per heavy atom. The zero-order chi connectivity index (χ0) is 17.7. The number of anilines is 1. The highest BCUT2D eigenvalue weighted by molar-refractivity contribution is 5.98. The topological polar surface area (TPSA) is 72.5 Å². The first-order valence-corrected chi connectivity index (χ1v) is 7.57. The average Bonchev–Trinajstić information content (AvgIpc) is 2.55. The molecule has 0 aliphatic rings. The normalized spacial score (nSPS) is 11.5. The summed E-state index contributed by atoms with van der Waals surface area (Å²) in [7, 11) is 0. The fraction of sp³-hybridized carbons (Fsp3) is 0.211. The van der Waals surface area contributed by atoms with Crippen LogP contribution in [0, 0.1) is 6.92 Å². The van der Waals surface area contributed by atoms with Gasteiger partial charge in [0.25, 0.3) is 5.91 Å². The van der Waals surface area contributed by atoms with Crippen molar-refractivity contribution in [2.24, 2.45) is 0 Å². The van der Waals surface area contributed by atoms with E-state index in [1.807, 2.05) is 6.07 Å². The van der Waals surface area contributed by atoms with Crippen molar-refractivity contribution < 1.29 is 19.1 Å². The maximum absolute atomic E-state index is 12.1. The summed E-state index contributed by atoms with van der Waals surface area (Å²) in [6.45, 7) is 4.79. The third kappa shape index (κ3) is 4.29. The summed E-state index contributed by atoms with van der Waals surface area (Å²) in [5.41, 5.74) is 2.31. The Labute approximate surface area is 140 Å². The fourth-order valence-corrected chi connectivity index (χ4v) is 2.11. The molecule has 0 aliphatic heterocycles. The smallest absolute Gasteiger partial charge is 0.339 e. The molecule has 0 aromatic heterocycles. The van der Waals surface area contributed by atoms with Crippen molar-refractivity contribution in [3.8, 4) is 0 Å². The molecule has 0 heterocycles. The summed E-state index contributed by atoms with van der Waals surface area (Å²) < 4.78 is 5.21. The molecular weight excluding hydrogens is 306 g/mol. The van der Waals surface area contributed by atoms with Crippen molar-refractivity contribution in [3.63, 3.8) is 0 Å². The highest BCUT2D eigenvalue weighted by atomic mass is 16.5. The Morgan fingerprint density at radius 3 is 2.21 bits per heavy atom. The second kappa shape index (κ2) is 7.55. The van der Waals surface area contributed by atoms with Gasteiger partial charge in [-0.05, 0) is 56.7 Å². The number of hydrogen-bond donors (Lipinski definition) is 1. The first-order valence-electron chi connectivity index (χ1n) is 7.57. The summed E-state index contributed by atoms with van der Waals surface area (Å²) in [6, 6.07) is 13.5. The molecule has 0 radical (unpaired) electrons. The Bertz CT molecular complexity index is 765. The van der Waals surface area contributed by atoms with Crippen molar-refractivity contribution in [2.75, 3.05) is 5.32 Å². The molecule has 5 nitrogen and oxygen atoms in total. The molecular formula is C19H19NO4. The molecule has 0 fully saturated rings. The van der Waals surface area contributed by atoms with Gasteiger partial charge in [0.2, 0.25) is 0 Å². The molecule has 0 unspecified atom stereocenters. The largest absolute Gasteiger partial charge is 0.449 e. The van der Waals surface area contributed by atoms with E-state index in [1.165, 1.54) is 13.8 Å². The van der Waals surface area contributed by atoms with Crippen LogP contribution in [0.2, 0.25) is 0 Å². The van der Waals surface area contributed by atoms with Gasteiger partial charge in [-0.25, -0.2) is 4.79 Å². The lowest BCUT2D eigenvalue weighted by Gasteiger charge is -2.14. The molecule has 24 heavy (non-hydrogen) atoms. The average molecular weight is 325 g/mol. The number of ether oxygens (including phenoxy) is 1. The monoisotopic (exact) mass is 325 g/mol. The minimum absolute atomic E-state index is 0.0478. The fourth-order valence-electron chi connectivity index (χ4n) is 2.11. The first-order chi connectivity index (χ1) is 11.4. The molecule has 124 valence electrons. The second-order valence-electron chi connectivity index (χ2n) is 5.49. The number of ketones is 1. The van der Waals surface area contributed by atoms with Gasteiger partial charge in [0.1, 0.15) is 0 Å².